The normalized spacial score (nSPS) is 26.7. The first kappa shape index (κ1) is 12.0. The minimum absolute atomic E-state index is 0.382. The van der Waals surface area contributed by atoms with Crippen LogP contribution in [-0.4, -0.2) is 36.8 Å². The van der Waals surface area contributed by atoms with E-state index in [0.717, 1.165) is 5.56 Å². The zero-order valence-electron chi connectivity index (χ0n) is 9.87. The fourth-order valence-corrected chi connectivity index (χ4v) is 3.13. The van der Waals surface area contributed by atoms with Crippen molar-refractivity contribution in [2.45, 2.75) is 18.8 Å². The van der Waals surface area contributed by atoms with Gasteiger partial charge in [0, 0.05) is 31.6 Å². The van der Waals surface area contributed by atoms with Crippen molar-refractivity contribution in [1.82, 2.24) is 10.2 Å². The Labute approximate surface area is 104 Å². The maximum absolute atomic E-state index is 13.1. The van der Waals surface area contributed by atoms with Crippen LogP contribution in [0.4, 0.5) is 13.2 Å². The van der Waals surface area contributed by atoms with Crippen LogP contribution in [0, 0.1) is 5.41 Å². The molecular formula is C13H15F3N2. The van der Waals surface area contributed by atoms with Crippen LogP contribution in [0.15, 0.2) is 30.3 Å². The van der Waals surface area contributed by atoms with E-state index in [-0.39, 0.29) is 0 Å². The molecule has 1 aromatic rings. The number of nitrogens with zero attached hydrogens (tertiary/aromatic N) is 1. The number of nitrogens with one attached hydrogen (secondary N) is 1. The van der Waals surface area contributed by atoms with E-state index < -0.39 is 17.6 Å². The molecule has 1 spiro atoms. The summed E-state index contributed by atoms with van der Waals surface area (Å²) in [6.45, 7) is 1.90. The summed E-state index contributed by atoms with van der Waals surface area (Å²) in [5, 5.41) is 2.96. The number of rotatable bonds is 2. The lowest BCUT2D eigenvalue weighted by Crippen LogP contribution is -2.79. The van der Waals surface area contributed by atoms with Gasteiger partial charge in [-0.15, -0.1) is 0 Å². The molecule has 2 aliphatic rings. The van der Waals surface area contributed by atoms with Gasteiger partial charge in [-0.2, -0.15) is 13.2 Å². The molecule has 1 aromatic carbocycles. The fraction of sp³-hybridized carbons (Fsp3) is 0.538. The minimum Gasteiger partial charge on any atom is -0.315 e. The van der Waals surface area contributed by atoms with Crippen LogP contribution >= 0.6 is 0 Å². The second-order valence-electron chi connectivity index (χ2n) is 5.30. The third-order valence-electron chi connectivity index (χ3n) is 3.96. The number of hydrogen-bond acceptors (Lipinski definition) is 2. The molecule has 2 heterocycles. The number of hydrogen-bond donors (Lipinski definition) is 1. The van der Waals surface area contributed by atoms with Gasteiger partial charge in [-0.05, 0) is 5.56 Å². The average molecular weight is 256 g/mol. The minimum atomic E-state index is -4.13. The third kappa shape index (κ3) is 1.82. The van der Waals surface area contributed by atoms with Gasteiger partial charge in [0.1, 0.15) is 6.04 Å². The Morgan fingerprint density at radius 2 is 1.89 bits per heavy atom. The molecule has 0 bridgehead atoms. The van der Waals surface area contributed by atoms with Crippen molar-refractivity contribution >= 4 is 0 Å². The molecule has 0 aliphatic carbocycles. The van der Waals surface area contributed by atoms with E-state index in [0.29, 0.717) is 26.2 Å². The molecule has 0 saturated carbocycles. The number of likely N-dealkylation sites (tertiary alicyclic amines) is 1. The van der Waals surface area contributed by atoms with Crippen molar-refractivity contribution in [1.29, 1.82) is 0 Å². The predicted octanol–water partition coefficient (Wildman–Crippen LogP) is 2.02. The monoisotopic (exact) mass is 256 g/mol. The zero-order valence-corrected chi connectivity index (χ0v) is 9.87. The quantitative estimate of drug-likeness (QED) is 0.871. The summed E-state index contributed by atoms with van der Waals surface area (Å²) in [5.74, 6) is 0. The molecule has 18 heavy (non-hydrogen) atoms. The van der Waals surface area contributed by atoms with Crippen LogP contribution in [0.5, 0.6) is 0 Å². The van der Waals surface area contributed by atoms with Gasteiger partial charge in [0.05, 0.1) is 0 Å². The summed E-state index contributed by atoms with van der Waals surface area (Å²) in [7, 11) is 0. The van der Waals surface area contributed by atoms with E-state index >= 15 is 0 Å². The van der Waals surface area contributed by atoms with E-state index in [1.807, 2.05) is 30.3 Å². The molecule has 3 rings (SSSR count). The van der Waals surface area contributed by atoms with E-state index in [4.69, 9.17) is 0 Å². The van der Waals surface area contributed by atoms with Crippen molar-refractivity contribution < 1.29 is 13.2 Å². The van der Waals surface area contributed by atoms with Gasteiger partial charge < -0.3 is 5.32 Å². The van der Waals surface area contributed by atoms with Crippen LogP contribution in [0.2, 0.25) is 0 Å². The molecule has 0 aromatic heterocycles. The van der Waals surface area contributed by atoms with E-state index in [1.165, 1.54) is 4.90 Å². The standard InChI is InChI=1S/C13H15F3N2/c14-13(15,16)11-12(7-17-8-12)9-18(11)6-10-4-2-1-3-5-10/h1-5,11,17H,6-9H2/t11-/m1/s1. The molecule has 5 heteroatoms. The molecule has 1 atom stereocenters. The molecule has 1 N–H and O–H groups in total. The molecule has 0 radical (unpaired) electrons. The summed E-state index contributed by atoms with van der Waals surface area (Å²) in [4.78, 5) is 1.54. The van der Waals surface area contributed by atoms with Crippen LogP contribution in [0.3, 0.4) is 0 Å². The maximum Gasteiger partial charge on any atom is 0.404 e. The van der Waals surface area contributed by atoms with Crippen molar-refractivity contribution in [2.75, 3.05) is 19.6 Å². The Kier molecular flexibility index (Phi) is 2.64. The van der Waals surface area contributed by atoms with Crippen LogP contribution < -0.4 is 5.32 Å². The van der Waals surface area contributed by atoms with Crippen LogP contribution in [0.25, 0.3) is 0 Å². The largest absolute Gasteiger partial charge is 0.404 e. The Hall–Kier alpha value is -1.07. The number of alkyl halides is 3. The highest BCUT2D eigenvalue weighted by atomic mass is 19.4. The van der Waals surface area contributed by atoms with Crippen LogP contribution in [0.1, 0.15) is 5.56 Å². The van der Waals surface area contributed by atoms with Gasteiger partial charge in [-0.1, -0.05) is 30.3 Å². The second kappa shape index (κ2) is 3.96. The molecular weight excluding hydrogens is 241 g/mol. The SMILES string of the molecule is FC(F)(F)[C@@H]1N(Cc2ccccc2)CC12CNC2. The Morgan fingerprint density at radius 1 is 1.22 bits per heavy atom. The Bertz CT molecular complexity index is 426. The highest BCUT2D eigenvalue weighted by Gasteiger charge is 2.66. The molecule has 2 nitrogen and oxygen atoms in total. The lowest BCUT2D eigenvalue weighted by atomic mass is 9.66. The van der Waals surface area contributed by atoms with E-state index in [1.54, 1.807) is 0 Å². The van der Waals surface area contributed by atoms with Crippen molar-refractivity contribution in [2.24, 2.45) is 5.41 Å². The highest BCUT2D eigenvalue weighted by Crippen LogP contribution is 2.49. The lowest BCUT2D eigenvalue weighted by molar-refractivity contribution is -0.275. The van der Waals surface area contributed by atoms with Gasteiger partial charge >= 0.3 is 6.18 Å². The van der Waals surface area contributed by atoms with Crippen molar-refractivity contribution in [3.8, 4) is 0 Å². The first-order chi connectivity index (χ1) is 8.51. The highest BCUT2D eigenvalue weighted by molar-refractivity contribution is 5.19. The van der Waals surface area contributed by atoms with Crippen LogP contribution in [-0.2, 0) is 6.54 Å². The third-order valence-corrected chi connectivity index (χ3v) is 3.96. The first-order valence-corrected chi connectivity index (χ1v) is 6.07. The van der Waals surface area contributed by atoms with Gasteiger partial charge in [-0.25, -0.2) is 0 Å². The molecule has 2 aliphatic heterocycles. The topological polar surface area (TPSA) is 15.3 Å². The van der Waals surface area contributed by atoms with Crippen molar-refractivity contribution in [3.63, 3.8) is 0 Å². The lowest BCUT2D eigenvalue weighted by Gasteiger charge is -2.62. The summed E-state index contributed by atoms with van der Waals surface area (Å²) >= 11 is 0. The maximum atomic E-state index is 13.1. The summed E-state index contributed by atoms with van der Waals surface area (Å²) in [6, 6.07) is 8.05. The Morgan fingerprint density at radius 3 is 2.39 bits per heavy atom. The van der Waals surface area contributed by atoms with Gasteiger partial charge in [-0.3, -0.25) is 4.90 Å². The summed E-state index contributed by atoms with van der Waals surface area (Å²) in [6.07, 6.45) is -4.13. The Balaban J connectivity index is 1.74. The van der Waals surface area contributed by atoms with Gasteiger partial charge in [0.2, 0.25) is 0 Å². The molecule has 0 amide bonds. The summed E-state index contributed by atoms with van der Waals surface area (Å²) in [5.41, 5.74) is 0.376. The first-order valence-electron chi connectivity index (χ1n) is 6.07. The van der Waals surface area contributed by atoms with Gasteiger partial charge in [0.25, 0.3) is 0 Å². The summed E-state index contributed by atoms with van der Waals surface area (Å²) < 4.78 is 39.3. The number of benzene rings is 1. The molecule has 2 fully saturated rings. The number of halogens is 3. The van der Waals surface area contributed by atoms with Crippen molar-refractivity contribution in [3.05, 3.63) is 35.9 Å². The predicted molar refractivity (Wildman–Crippen MR) is 62.0 cm³/mol. The average Bonchev–Trinajstić information content (AvgIpc) is 2.19. The van der Waals surface area contributed by atoms with E-state index in [9.17, 15) is 13.2 Å². The van der Waals surface area contributed by atoms with E-state index in [2.05, 4.69) is 5.32 Å². The molecule has 0 unspecified atom stereocenters. The molecule has 98 valence electrons. The second-order valence-corrected chi connectivity index (χ2v) is 5.30. The smallest absolute Gasteiger partial charge is 0.315 e. The molecule has 2 saturated heterocycles. The zero-order chi connectivity index (χ0) is 12.8. The fourth-order valence-electron chi connectivity index (χ4n) is 3.13. The van der Waals surface area contributed by atoms with Gasteiger partial charge in [0.15, 0.2) is 0 Å².